The largest absolute Gasteiger partial charge is 0.330 e. The first-order valence-corrected chi connectivity index (χ1v) is 7.70. The van der Waals surface area contributed by atoms with Crippen molar-refractivity contribution in [3.05, 3.63) is 42.1 Å². The van der Waals surface area contributed by atoms with Crippen LogP contribution in [0.2, 0.25) is 0 Å². The van der Waals surface area contributed by atoms with E-state index in [-0.39, 0.29) is 5.78 Å². The van der Waals surface area contributed by atoms with Crippen molar-refractivity contribution >= 4 is 16.7 Å². The van der Waals surface area contributed by atoms with E-state index in [0.717, 1.165) is 29.3 Å². The van der Waals surface area contributed by atoms with Gasteiger partial charge in [0.1, 0.15) is 0 Å². The normalized spacial score (nSPS) is 12.8. The molecule has 0 saturated heterocycles. The Bertz CT molecular complexity index is 602. The lowest BCUT2D eigenvalue weighted by Gasteiger charge is -2.19. The summed E-state index contributed by atoms with van der Waals surface area (Å²) >= 11 is 0. The quantitative estimate of drug-likeness (QED) is 0.786. The standard InChI is InChI=1S/C18H24N2O/c1-13(2)14(10-11-19)8-9-17(21)16-7-3-5-15-6-4-12-20-18(15)16/h3-7,12-14H,8-11,19H2,1-2H3. The van der Waals surface area contributed by atoms with Crippen LogP contribution in [-0.2, 0) is 0 Å². The van der Waals surface area contributed by atoms with E-state index in [1.807, 2.05) is 30.3 Å². The molecule has 3 heteroatoms. The third-order valence-electron chi connectivity index (χ3n) is 4.16. The number of carbonyl (C=O) groups is 1. The molecule has 1 aromatic carbocycles. The van der Waals surface area contributed by atoms with Gasteiger partial charge in [0.05, 0.1) is 5.52 Å². The van der Waals surface area contributed by atoms with Crippen molar-refractivity contribution in [3.8, 4) is 0 Å². The lowest BCUT2D eigenvalue weighted by molar-refractivity contribution is 0.0970. The SMILES string of the molecule is CC(C)C(CCN)CCC(=O)c1cccc2cccnc12. The van der Waals surface area contributed by atoms with Crippen molar-refractivity contribution in [3.63, 3.8) is 0 Å². The molecule has 0 aliphatic heterocycles. The number of carbonyl (C=O) groups excluding carboxylic acids is 1. The van der Waals surface area contributed by atoms with Gasteiger partial charge in [0.15, 0.2) is 5.78 Å². The predicted molar refractivity (Wildman–Crippen MR) is 87.3 cm³/mol. The van der Waals surface area contributed by atoms with Crippen LogP contribution >= 0.6 is 0 Å². The van der Waals surface area contributed by atoms with Crippen molar-refractivity contribution in [2.45, 2.75) is 33.1 Å². The minimum atomic E-state index is 0.182. The van der Waals surface area contributed by atoms with E-state index >= 15 is 0 Å². The number of hydrogen-bond acceptors (Lipinski definition) is 3. The number of rotatable bonds is 7. The summed E-state index contributed by atoms with van der Waals surface area (Å²) in [5, 5.41) is 1.02. The highest BCUT2D eigenvalue weighted by molar-refractivity contribution is 6.06. The zero-order valence-corrected chi connectivity index (χ0v) is 12.9. The molecule has 21 heavy (non-hydrogen) atoms. The number of Topliss-reactive ketones (excluding diaryl/α,β-unsaturated/α-hetero) is 1. The maximum atomic E-state index is 12.5. The molecule has 2 aromatic rings. The van der Waals surface area contributed by atoms with Crippen LogP contribution < -0.4 is 5.73 Å². The fraction of sp³-hybridized carbons (Fsp3) is 0.444. The van der Waals surface area contributed by atoms with Crippen LogP contribution in [0.3, 0.4) is 0 Å². The molecule has 2 N–H and O–H groups in total. The molecular weight excluding hydrogens is 260 g/mol. The van der Waals surface area contributed by atoms with E-state index in [1.165, 1.54) is 0 Å². The molecule has 112 valence electrons. The van der Waals surface area contributed by atoms with Gasteiger partial charge >= 0.3 is 0 Å². The molecule has 0 fully saturated rings. The Morgan fingerprint density at radius 3 is 2.67 bits per heavy atom. The molecule has 0 bridgehead atoms. The number of hydrogen-bond donors (Lipinski definition) is 1. The van der Waals surface area contributed by atoms with Crippen molar-refractivity contribution in [2.75, 3.05) is 6.54 Å². The minimum Gasteiger partial charge on any atom is -0.330 e. The molecule has 0 aliphatic rings. The second-order valence-electron chi connectivity index (χ2n) is 5.92. The highest BCUT2D eigenvalue weighted by Gasteiger charge is 2.16. The number of fused-ring (bicyclic) bond motifs is 1. The predicted octanol–water partition coefficient (Wildman–Crippen LogP) is 3.82. The Kier molecular flexibility index (Phi) is 5.45. The van der Waals surface area contributed by atoms with Crippen LogP contribution in [0.5, 0.6) is 0 Å². The minimum absolute atomic E-state index is 0.182. The molecular formula is C18H24N2O. The molecule has 3 nitrogen and oxygen atoms in total. The van der Waals surface area contributed by atoms with Crippen LogP contribution in [0.25, 0.3) is 10.9 Å². The van der Waals surface area contributed by atoms with Gasteiger partial charge in [-0.3, -0.25) is 9.78 Å². The van der Waals surface area contributed by atoms with Crippen molar-refractivity contribution in [1.82, 2.24) is 4.98 Å². The van der Waals surface area contributed by atoms with Gasteiger partial charge in [0.25, 0.3) is 0 Å². The van der Waals surface area contributed by atoms with Crippen LogP contribution in [0.4, 0.5) is 0 Å². The van der Waals surface area contributed by atoms with E-state index in [0.29, 0.717) is 24.8 Å². The van der Waals surface area contributed by atoms with E-state index in [1.54, 1.807) is 6.20 Å². The summed E-state index contributed by atoms with van der Waals surface area (Å²) in [5.41, 5.74) is 7.21. The van der Waals surface area contributed by atoms with Gasteiger partial charge in [-0.25, -0.2) is 0 Å². The van der Waals surface area contributed by atoms with Crippen molar-refractivity contribution < 1.29 is 4.79 Å². The summed E-state index contributed by atoms with van der Waals surface area (Å²) in [6.07, 6.45) is 4.19. The monoisotopic (exact) mass is 284 g/mol. The Morgan fingerprint density at radius 2 is 1.95 bits per heavy atom. The Hall–Kier alpha value is -1.74. The summed E-state index contributed by atoms with van der Waals surface area (Å²) < 4.78 is 0. The Labute approximate surface area is 126 Å². The first-order valence-electron chi connectivity index (χ1n) is 7.70. The maximum Gasteiger partial charge on any atom is 0.165 e. The van der Waals surface area contributed by atoms with Gasteiger partial charge in [-0.1, -0.05) is 32.0 Å². The molecule has 0 radical (unpaired) electrons. The van der Waals surface area contributed by atoms with Gasteiger partial charge in [0, 0.05) is 23.6 Å². The summed E-state index contributed by atoms with van der Waals surface area (Å²) in [4.78, 5) is 16.9. The molecule has 1 aromatic heterocycles. The molecule has 0 aliphatic carbocycles. The Balaban J connectivity index is 2.12. The highest BCUT2D eigenvalue weighted by atomic mass is 16.1. The summed E-state index contributed by atoms with van der Waals surface area (Å²) in [5.74, 6) is 1.26. The maximum absolute atomic E-state index is 12.5. The van der Waals surface area contributed by atoms with Gasteiger partial charge in [-0.05, 0) is 43.4 Å². The lowest BCUT2D eigenvalue weighted by atomic mass is 9.87. The first-order chi connectivity index (χ1) is 10.1. The average molecular weight is 284 g/mol. The number of pyridine rings is 1. The number of benzene rings is 1. The van der Waals surface area contributed by atoms with E-state index in [9.17, 15) is 4.79 Å². The van der Waals surface area contributed by atoms with E-state index in [4.69, 9.17) is 5.73 Å². The van der Waals surface area contributed by atoms with Gasteiger partial charge in [-0.2, -0.15) is 0 Å². The smallest absolute Gasteiger partial charge is 0.165 e. The molecule has 0 spiro atoms. The van der Waals surface area contributed by atoms with E-state index in [2.05, 4.69) is 18.8 Å². The van der Waals surface area contributed by atoms with Crippen molar-refractivity contribution in [2.24, 2.45) is 17.6 Å². The molecule has 0 amide bonds. The topological polar surface area (TPSA) is 56.0 Å². The van der Waals surface area contributed by atoms with E-state index < -0.39 is 0 Å². The molecule has 1 atom stereocenters. The molecule has 2 rings (SSSR count). The zero-order chi connectivity index (χ0) is 15.2. The summed E-state index contributed by atoms with van der Waals surface area (Å²) in [6, 6.07) is 9.68. The van der Waals surface area contributed by atoms with Crippen molar-refractivity contribution in [1.29, 1.82) is 0 Å². The highest BCUT2D eigenvalue weighted by Crippen LogP contribution is 2.23. The molecule has 1 unspecified atom stereocenters. The fourth-order valence-electron chi connectivity index (χ4n) is 2.81. The van der Waals surface area contributed by atoms with Gasteiger partial charge in [-0.15, -0.1) is 0 Å². The zero-order valence-electron chi connectivity index (χ0n) is 12.9. The lowest BCUT2D eigenvalue weighted by Crippen LogP contribution is -2.16. The van der Waals surface area contributed by atoms with Gasteiger partial charge in [0.2, 0.25) is 0 Å². The summed E-state index contributed by atoms with van der Waals surface area (Å²) in [7, 11) is 0. The van der Waals surface area contributed by atoms with Crippen LogP contribution in [0.1, 0.15) is 43.5 Å². The van der Waals surface area contributed by atoms with Crippen LogP contribution in [0.15, 0.2) is 36.5 Å². The molecule has 1 heterocycles. The second kappa shape index (κ2) is 7.32. The number of nitrogens with zero attached hydrogens (tertiary/aromatic N) is 1. The third kappa shape index (κ3) is 3.88. The van der Waals surface area contributed by atoms with Gasteiger partial charge < -0.3 is 5.73 Å². The van der Waals surface area contributed by atoms with Crippen LogP contribution in [-0.4, -0.2) is 17.3 Å². The second-order valence-corrected chi connectivity index (χ2v) is 5.92. The Morgan fingerprint density at radius 1 is 1.19 bits per heavy atom. The first kappa shape index (κ1) is 15.6. The number of nitrogens with two attached hydrogens (primary N) is 1. The summed E-state index contributed by atoms with van der Waals surface area (Å²) in [6.45, 7) is 5.08. The third-order valence-corrected chi connectivity index (χ3v) is 4.16. The number of ketones is 1. The molecule has 0 saturated carbocycles. The average Bonchev–Trinajstić information content (AvgIpc) is 2.50. The number of para-hydroxylation sites is 1. The van der Waals surface area contributed by atoms with Crippen LogP contribution in [0, 0.1) is 11.8 Å². The number of aromatic nitrogens is 1. The fourth-order valence-corrected chi connectivity index (χ4v) is 2.81.